The van der Waals surface area contributed by atoms with Crippen LogP contribution in [-0.2, 0) is 27.9 Å². The molecule has 1 aliphatic heterocycles. The predicted molar refractivity (Wildman–Crippen MR) is 95.6 cm³/mol. The van der Waals surface area contributed by atoms with Gasteiger partial charge in [-0.1, -0.05) is 13.8 Å². The number of nitrogens with one attached hydrogen (secondary N) is 1. The van der Waals surface area contributed by atoms with Gasteiger partial charge in [-0.2, -0.15) is 0 Å². The van der Waals surface area contributed by atoms with Gasteiger partial charge >= 0.3 is 13.8 Å². The second-order valence-corrected chi connectivity index (χ2v) is 8.20. The number of phosphoric acid groups is 1. The number of phosphoric ester groups is 1. The minimum atomic E-state index is -4.14. The average Bonchev–Trinajstić information content (AvgIpc) is 2.64. The van der Waals surface area contributed by atoms with Crippen molar-refractivity contribution in [2.45, 2.75) is 26.4 Å². The van der Waals surface area contributed by atoms with Gasteiger partial charge in [0.25, 0.3) is 11.6 Å². The first-order chi connectivity index (χ1) is 13.1. The summed E-state index contributed by atoms with van der Waals surface area (Å²) in [5.41, 5.74) is -0.984. The monoisotopic (exact) mass is 416 g/mol. The van der Waals surface area contributed by atoms with Crippen LogP contribution in [0.15, 0.2) is 24.3 Å². The van der Waals surface area contributed by atoms with Crippen LogP contribution < -0.4 is 9.84 Å². The molecule has 1 N–H and O–H groups in total. The van der Waals surface area contributed by atoms with E-state index in [-0.39, 0.29) is 31.0 Å². The van der Waals surface area contributed by atoms with Crippen LogP contribution in [0.1, 0.15) is 20.3 Å². The Morgan fingerprint density at radius 3 is 2.57 bits per heavy atom. The van der Waals surface area contributed by atoms with Gasteiger partial charge in [-0.05, 0) is 12.1 Å². The molecule has 0 saturated carbocycles. The SMILES string of the molecule is COC(=O)CCNC(=O)[C@@H]1O[P@@](=O)(Oc2ccc([N+](=O)[O-])cc2)OCC1(C)C. The van der Waals surface area contributed by atoms with E-state index in [1.54, 1.807) is 13.8 Å². The van der Waals surface area contributed by atoms with Crippen molar-refractivity contribution in [2.75, 3.05) is 20.3 Å². The fourth-order valence-electron chi connectivity index (χ4n) is 2.31. The van der Waals surface area contributed by atoms with Crippen LogP contribution in [-0.4, -0.2) is 43.2 Å². The maximum atomic E-state index is 12.8. The number of non-ortho nitro benzene ring substituents is 1. The summed E-state index contributed by atoms with van der Waals surface area (Å²) in [6.45, 7) is 3.31. The lowest BCUT2D eigenvalue weighted by Crippen LogP contribution is -2.50. The molecule has 2 rings (SSSR count). The number of nitrogens with zero attached hydrogens (tertiary/aromatic N) is 1. The Kier molecular flexibility index (Phi) is 6.76. The number of methoxy groups -OCH3 is 1. The molecule has 0 aliphatic carbocycles. The molecule has 0 radical (unpaired) electrons. The zero-order valence-electron chi connectivity index (χ0n) is 15.6. The first kappa shape index (κ1) is 21.8. The highest BCUT2D eigenvalue weighted by atomic mass is 31.2. The van der Waals surface area contributed by atoms with Crippen molar-refractivity contribution in [3.05, 3.63) is 34.4 Å². The number of carbonyl (C=O) groups excluding carboxylic acids is 2. The highest BCUT2D eigenvalue weighted by molar-refractivity contribution is 7.49. The summed E-state index contributed by atoms with van der Waals surface area (Å²) in [4.78, 5) is 33.7. The van der Waals surface area contributed by atoms with E-state index < -0.39 is 36.1 Å². The molecule has 1 saturated heterocycles. The van der Waals surface area contributed by atoms with E-state index in [9.17, 15) is 24.3 Å². The van der Waals surface area contributed by atoms with E-state index in [4.69, 9.17) is 13.6 Å². The molecule has 11 nitrogen and oxygen atoms in total. The third-order valence-corrected chi connectivity index (χ3v) is 5.25. The van der Waals surface area contributed by atoms with E-state index in [1.807, 2.05) is 0 Å². The summed E-state index contributed by atoms with van der Waals surface area (Å²) in [7, 11) is -2.91. The summed E-state index contributed by atoms with van der Waals surface area (Å²) in [5.74, 6) is -1.04. The Hall–Kier alpha value is -2.49. The van der Waals surface area contributed by atoms with Gasteiger partial charge < -0.3 is 14.6 Å². The first-order valence-electron chi connectivity index (χ1n) is 8.28. The van der Waals surface area contributed by atoms with Crippen LogP contribution >= 0.6 is 7.82 Å². The molecule has 1 fully saturated rings. The number of nitro benzene ring substituents is 1. The molecule has 1 amide bonds. The molecule has 28 heavy (non-hydrogen) atoms. The highest BCUT2D eigenvalue weighted by Crippen LogP contribution is 2.56. The number of benzene rings is 1. The number of esters is 1. The van der Waals surface area contributed by atoms with Gasteiger partial charge in [0.1, 0.15) is 5.75 Å². The zero-order chi connectivity index (χ0) is 20.9. The normalized spacial score (nSPS) is 23.5. The van der Waals surface area contributed by atoms with Crippen molar-refractivity contribution >= 4 is 25.4 Å². The number of rotatable bonds is 7. The van der Waals surface area contributed by atoms with Crippen LogP contribution in [0.4, 0.5) is 5.69 Å². The van der Waals surface area contributed by atoms with Crippen molar-refractivity contribution in [1.29, 1.82) is 0 Å². The lowest BCUT2D eigenvalue weighted by atomic mass is 9.87. The maximum absolute atomic E-state index is 12.8. The maximum Gasteiger partial charge on any atom is 0.530 e. The van der Waals surface area contributed by atoms with Gasteiger partial charge in [0.05, 0.1) is 25.1 Å². The van der Waals surface area contributed by atoms with E-state index >= 15 is 0 Å². The minimum absolute atomic E-state index is 0.0236. The van der Waals surface area contributed by atoms with Crippen molar-refractivity contribution in [1.82, 2.24) is 5.32 Å². The average molecular weight is 416 g/mol. The second kappa shape index (κ2) is 8.68. The molecule has 1 heterocycles. The number of hydrogen-bond acceptors (Lipinski definition) is 9. The summed E-state index contributed by atoms with van der Waals surface area (Å²) >= 11 is 0. The molecule has 0 aromatic heterocycles. The molecular formula is C16H21N2O9P. The van der Waals surface area contributed by atoms with Gasteiger partial charge in [-0.25, -0.2) is 4.57 Å². The van der Waals surface area contributed by atoms with Gasteiger partial charge in [0, 0.05) is 24.1 Å². The summed E-state index contributed by atoms with van der Waals surface area (Å²) in [6, 6.07) is 4.84. The van der Waals surface area contributed by atoms with Crippen LogP contribution in [0.3, 0.4) is 0 Å². The third kappa shape index (κ3) is 5.51. The smallest absolute Gasteiger partial charge is 0.469 e. The first-order valence-corrected chi connectivity index (χ1v) is 9.74. The fourth-order valence-corrected chi connectivity index (χ4v) is 3.98. The molecule has 1 aromatic carbocycles. The fraction of sp³-hybridized carbons (Fsp3) is 0.500. The Balaban J connectivity index is 2.06. The molecular weight excluding hydrogens is 395 g/mol. The van der Waals surface area contributed by atoms with Crippen molar-refractivity contribution in [3.63, 3.8) is 0 Å². The Morgan fingerprint density at radius 2 is 2.00 bits per heavy atom. The number of carbonyl (C=O) groups is 2. The Labute approximate surface area is 161 Å². The topological polar surface area (TPSA) is 143 Å². The zero-order valence-corrected chi connectivity index (χ0v) is 16.5. The quantitative estimate of drug-likeness (QED) is 0.306. The molecule has 12 heteroatoms. The second-order valence-electron chi connectivity index (χ2n) is 6.65. The molecule has 2 atom stereocenters. The molecule has 1 aliphatic rings. The van der Waals surface area contributed by atoms with Crippen LogP contribution in [0.25, 0.3) is 0 Å². The molecule has 1 aromatic rings. The third-order valence-electron chi connectivity index (χ3n) is 3.90. The number of ether oxygens (including phenoxy) is 1. The van der Waals surface area contributed by atoms with Crippen molar-refractivity contribution < 1.29 is 37.4 Å². The van der Waals surface area contributed by atoms with Crippen LogP contribution in [0.2, 0.25) is 0 Å². The van der Waals surface area contributed by atoms with Gasteiger partial charge in [-0.3, -0.25) is 28.8 Å². The highest BCUT2D eigenvalue weighted by Gasteiger charge is 2.49. The molecule has 0 unspecified atom stereocenters. The van der Waals surface area contributed by atoms with E-state index in [0.29, 0.717) is 0 Å². The lowest BCUT2D eigenvalue weighted by Gasteiger charge is -2.39. The number of nitro groups is 1. The number of amides is 1. The molecule has 0 spiro atoms. The largest absolute Gasteiger partial charge is 0.530 e. The number of hydrogen-bond donors (Lipinski definition) is 1. The van der Waals surface area contributed by atoms with Gasteiger partial charge in [0.2, 0.25) is 0 Å². The minimum Gasteiger partial charge on any atom is -0.469 e. The standard InChI is InChI=1S/C16H21N2O9P/c1-16(2)10-25-28(23,26-12-6-4-11(5-7-12)18(21)22)27-14(16)15(20)17-9-8-13(19)24-3/h4-7,14H,8-10H2,1-3H3,(H,17,20)/t14-,28+/m0/s1. The van der Waals surface area contributed by atoms with E-state index in [1.165, 1.54) is 31.4 Å². The Bertz CT molecular complexity index is 794. The lowest BCUT2D eigenvalue weighted by molar-refractivity contribution is -0.384. The predicted octanol–water partition coefficient (Wildman–Crippen LogP) is 2.20. The summed E-state index contributed by atoms with van der Waals surface area (Å²) in [6.07, 6.45) is -1.19. The Morgan fingerprint density at radius 1 is 1.36 bits per heavy atom. The van der Waals surface area contributed by atoms with E-state index in [2.05, 4.69) is 10.1 Å². The summed E-state index contributed by atoms with van der Waals surface area (Å²) in [5, 5.41) is 13.2. The van der Waals surface area contributed by atoms with Gasteiger partial charge in [0.15, 0.2) is 6.10 Å². The van der Waals surface area contributed by atoms with Crippen LogP contribution in [0.5, 0.6) is 5.75 Å². The summed E-state index contributed by atoms with van der Waals surface area (Å²) < 4.78 is 33.1. The van der Waals surface area contributed by atoms with Crippen LogP contribution in [0, 0.1) is 15.5 Å². The molecule has 154 valence electrons. The van der Waals surface area contributed by atoms with Crippen molar-refractivity contribution in [2.24, 2.45) is 5.41 Å². The van der Waals surface area contributed by atoms with E-state index in [0.717, 1.165) is 0 Å². The molecule has 0 bridgehead atoms. The van der Waals surface area contributed by atoms with Gasteiger partial charge in [-0.15, -0.1) is 0 Å². The van der Waals surface area contributed by atoms with Crippen molar-refractivity contribution in [3.8, 4) is 5.75 Å².